The molecule has 2 N–H and O–H groups in total. The molecule has 0 atom stereocenters. The molecule has 0 bridgehead atoms. The monoisotopic (exact) mass is 429 g/mol. The van der Waals surface area contributed by atoms with Gasteiger partial charge in [0.1, 0.15) is 0 Å². The van der Waals surface area contributed by atoms with E-state index in [0.29, 0.717) is 25.2 Å². The van der Waals surface area contributed by atoms with Crippen molar-refractivity contribution in [2.75, 3.05) is 46.4 Å². The van der Waals surface area contributed by atoms with Gasteiger partial charge >= 0.3 is 5.97 Å². The van der Waals surface area contributed by atoms with Crippen molar-refractivity contribution in [1.82, 2.24) is 20.4 Å². The molecule has 0 aliphatic carbocycles. The number of nitrogens with one attached hydrogen (secondary N) is 2. The van der Waals surface area contributed by atoms with Gasteiger partial charge in [0.2, 0.25) is 5.91 Å². The van der Waals surface area contributed by atoms with Crippen LogP contribution >= 0.6 is 0 Å². The van der Waals surface area contributed by atoms with Crippen molar-refractivity contribution in [3.63, 3.8) is 0 Å². The first-order valence-electron chi connectivity index (χ1n) is 10.8. The van der Waals surface area contributed by atoms with E-state index >= 15 is 0 Å². The second-order valence-corrected chi connectivity index (χ2v) is 7.73. The molecule has 9 nitrogen and oxygen atoms in total. The van der Waals surface area contributed by atoms with Crippen LogP contribution in [0.25, 0.3) is 0 Å². The van der Waals surface area contributed by atoms with Gasteiger partial charge in [-0.05, 0) is 37.5 Å². The Balaban J connectivity index is 1.59. The number of hydrogen-bond acceptors (Lipinski definition) is 5. The number of guanidine groups is 1. The quantitative estimate of drug-likeness (QED) is 0.404. The van der Waals surface area contributed by atoms with Crippen LogP contribution in [0.2, 0.25) is 0 Å². The summed E-state index contributed by atoms with van der Waals surface area (Å²) in [5.74, 6) is 0.385. The molecule has 2 aliphatic rings. The molecule has 3 rings (SSSR count). The molecule has 2 amide bonds. The predicted octanol–water partition coefficient (Wildman–Crippen LogP) is 0.609. The average Bonchev–Trinajstić information content (AvgIpc) is 2.81. The van der Waals surface area contributed by atoms with E-state index in [1.165, 1.54) is 7.11 Å². The van der Waals surface area contributed by atoms with Crippen molar-refractivity contribution in [3.8, 4) is 0 Å². The molecule has 0 saturated carbocycles. The molecule has 1 aromatic carbocycles. The van der Waals surface area contributed by atoms with Crippen molar-refractivity contribution in [1.29, 1.82) is 0 Å². The van der Waals surface area contributed by atoms with E-state index in [2.05, 4.69) is 15.5 Å². The summed E-state index contributed by atoms with van der Waals surface area (Å²) in [6, 6.07) is 7.37. The second-order valence-electron chi connectivity index (χ2n) is 7.73. The Hall–Kier alpha value is -3.10. The van der Waals surface area contributed by atoms with Gasteiger partial charge in [-0.1, -0.05) is 12.1 Å². The highest BCUT2D eigenvalue weighted by molar-refractivity contribution is 5.97. The van der Waals surface area contributed by atoms with Gasteiger partial charge in [0.15, 0.2) is 5.96 Å². The van der Waals surface area contributed by atoms with Crippen molar-refractivity contribution >= 4 is 23.7 Å². The molecule has 2 saturated heterocycles. The number of amides is 2. The SMILES string of the molecule is CCNC(=NCc1ccc(C(=O)N2CCNC(=O)C2)cc1)N1CCC(C(=O)OC)CC1. The summed E-state index contributed by atoms with van der Waals surface area (Å²) >= 11 is 0. The van der Waals surface area contributed by atoms with Gasteiger partial charge < -0.3 is 25.2 Å². The molecule has 0 aromatic heterocycles. The van der Waals surface area contributed by atoms with Crippen LogP contribution in [0.15, 0.2) is 29.3 Å². The highest BCUT2D eigenvalue weighted by atomic mass is 16.5. The highest BCUT2D eigenvalue weighted by Gasteiger charge is 2.27. The van der Waals surface area contributed by atoms with Crippen LogP contribution in [0.5, 0.6) is 0 Å². The maximum Gasteiger partial charge on any atom is 0.308 e. The summed E-state index contributed by atoms with van der Waals surface area (Å²) in [6.07, 6.45) is 1.50. The molecule has 0 unspecified atom stereocenters. The Morgan fingerprint density at radius 2 is 1.87 bits per heavy atom. The fourth-order valence-corrected chi connectivity index (χ4v) is 3.83. The Labute approximate surface area is 182 Å². The number of esters is 1. The molecular weight excluding hydrogens is 398 g/mol. The number of likely N-dealkylation sites (tertiary alicyclic amines) is 1. The first-order valence-corrected chi connectivity index (χ1v) is 10.8. The van der Waals surface area contributed by atoms with Gasteiger partial charge in [-0.3, -0.25) is 14.4 Å². The highest BCUT2D eigenvalue weighted by Crippen LogP contribution is 2.19. The van der Waals surface area contributed by atoms with Crippen molar-refractivity contribution in [2.45, 2.75) is 26.3 Å². The second kappa shape index (κ2) is 10.8. The van der Waals surface area contributed by atoms with E-state index in [4.69, 9.17) is 9.73 Å². The van der Waals surface area contributed by atoms with E-state index < -0.39 is 0 Å². The van der Waals surface area contributed by atoms with Gasteiger partial charge in [0.25, 0.3) is 5.91 Å². The lowest BCUT2D eigenvalue weighted by Gasteiger charge is -2.33. The number of nitrogens with zero attached hydrogens (tertiary/aromatic N) is 3. The van der Waals surface area contributed by atoms with Gasteiger partial charge in [-0.15, -0.1) is 0 Å². The normalized spacial score (nSPS) is 17.9. The lowest BCUT2D eigenvalue weighted by atomic mass is 9.97. The van der Waals surface area contributed by atoms with Crippen molar-refractivity contribution in [2.24, 2.45) is 10.9 Å². The molecule has 1 aromatic rings. The minimum Gasteiger partial charge on any atom is -0.469 e. The summed E-state index contributed by atoms with van der Waals surface area (Å²) < 4.78 is 4.86. The van der Waals surface area contributed by atoms with Gasteiger partial charge in [0, 0.05) is 38.3 Å². The Morgan fingerprint density at radius 1 is 1.16 bits per heavy atom. The number of carbonyl (C=O) groups is 3. The number of piperazine rings is 1. The predicted molar refractivity (Wildman–Crippen MR) is 116 cm³/mol. The van der Waals surface area contributed by atoms with Gasteiger partial charge in [-0.2, -0.15) is 0 Å². The third kappa shape index (κ3) is 5.96. The number of rotatable bonds is 5. The minimum atomic E-state index is -0.138. The third-order valence-corrected chi connectivity index (χ3v) is 5.60. The van der Waals surface area contributed by atoms with Crippen LogP contribution in [-0.4, -0.2) is 79.9 Å². The van der Waals surface area contributed by atoms with Crippen LogP contribution in [-0.2, 0) is 20.9 Å². The standard InChI is InChI=1S/C22H31N5O4/c1-3-23-22(26-11-8-18(9-12-26)21(30)31-2)25-14-16-4-6-17(7-5-16)20(29)27-13-10-24-19(28)15-27/h4-7,18H,3,8-15H2,1-2H3,(H,23,25)(H,24,28). The van der Waals surface area contributed by atoms with Crippen molar-refractivity contribution < 1.29 is 19.1 Å². The molecule has 9 heteroatoms. The van der Waals surface area contributed by atoms with Gasteiger partial charge in [-0.25, -0.2) is 4.99 Å². The number of hydrogen-bond donors (Lipinski definition) is 2. The Kier molecular flexibility index (Phi) is 7.86. The number of carbonyl (C=O) groups excluding carboxylic acids is 3. The smallest absolute Gasteiger partial charge is 0.308 e. The molecular formula is C22H31N5O4. The van der Waals surface area contributed by atoms with Crippen LogP contribution in [0.3, 0.4) is 0 Å². The van der Waals surface area contributed by atoms with Crippen LogP contribution < -0.4 is 10.6 Å². The average molecular weight is 430 g/mol. The van der Waals surface area contributed by atoms with Crippen molar-refractivity contribution in [3.05, 3.63) is 35.4 Å². The molecule has 2 aliphatic heterocycles. The lowest BCUT2D eigenvalue weighted by Crippen LogP contribution is -2.49. The molecule has 168 valence electrons. The topological polar surface area (TPSA) is 103 Å². The van der Waals surface area contributed by atoms with Crippen LogP contribution in [0.1, 0.15) is 35.7 Å². The molecule has 31 heavy (non-hydrogen) atoms. The summed E-state index contributed by atoms with van der Waals surface area (Å²) in [6.45, 7) is 5.88. The number of benzene rings is 1. The number of ether oxygens (including phenoxy) is 1. The Bertz CT molecular complexity index is 816. The summed E-state index contributed by atoms with van der Waals surface area (Å²) in [7, 11) is 1.43. The van der Waals surface area contributed by atoms with E-state index in [-0.39, 0.29) is 30.2 Å². The van der Waals surface area contributed by atoms with E-state index in [1.807, 2.05) is 19.1 Å². The maximum absolute atomic E-state index is 12.6. The van der Waals surface area contributed by atoms with Gasteiger partial charge in [0.05, 0.1) is 26.1 Å². The Morgan fingerprint density at radius 3 is 2.48 bits per heavy atom. The molecule has 0 spiro atoms. The zero-order valence-corrected chi connectivity index (χ0v) is 18.2. The van der Waals surface area contributed by atoms with E-state index in [1.54, 1.807) is 17.0 Å². The number of methoxy groups -OCH3 is 1. The summed E-state index contributed by atoms with van der Waals surface area (Å²) in [4.78, 5) is 44.3. The fraction of sp³-hybridized carbons (Fsp3) is 0.545. The number of piperidine rings is 1. The molecule has 2 fully saturated rings. The largest absolute Gasteiger partial charge is 0.469 e. The zero-order chi connectivity index (χ0) is 22.2. The summed E-state index contributed by atoms with van der Waals surface area (Å²) in [5, 5.41) is 6.04. The fourth-order valence-electron chi connectivity index (χ4n) is 3.83. The lowest BCUT2D eigenvalue weighted by molar-refractivity contribution is -0.146. The molecule has 2 heterocycles. The van der Waals surface area contributed by atoms with Crippen LogP contribution in [0.4, 0.5) is 0 Å². The first-order chi connectivity index (χ1) is 15.0. The maximum atomic E-state index is 12.6. The van der Waals surface area contributed by atoms with E-state index in [0.717, 1.165) is 44.0 Å². The zero-order valence-electron chi connectivity index (χ0n) is 18.2. The number of aliphatic imine (C=N–C) groups is 1. The molecule has 0 radical (unpaired) electrons. The summed E-state index contributed by atoms with van der Waals surface area (Å²) in [5.41, 5.74) is 1.56. The minimum absolute atomic E-state index is 0.0415. The van der Waals surface area contributed by atoms with Crippen LogP contribution in [0, 0.1) is 5.92 Å². The first kappa shape index (κ1) is 22.6. The van der Waals surface area contributed by atoms with E-state index in [9.17, 15) is 14.4 Å². The third-order valence-electron chi connectivity index (χ3n) is 5.60.